The van der Waals surface area contributed by atoms with Crippen molar-refractivity contribution in [3.05, 3.63) is 35.9 Å². The van der Waals surface area contributed by atoms with Gasteiger partial charge in [-0.15, -0.1) is 0 Å². The van der Waals surface area contributed by atoms with Gasteiger partial charge in [0, 0.05) is 0 Å². The van der Waals surface area contributed by atoms with Crippen LogP contribution in [0.5, 0.6) is 0 Å². The largest absolute Gasteiger partial charge is 0.374 e. The number of halogens is 1. The summed E-state index contributed by atoms with van der Waals surface area (Å²) in [6.45, 7) is -0.203. The van der Waals surface area contributed by atoms with E-state index in [4.69, 9.17) is 22.4 Å². The predicted octanol–water partition coefficient (Wildman–Crippen LogP) is 2.95. The Hall–Kier alpha value is -0.570. The second-order valence-electron chi connectivity index (χ2n) is 3.61. The molecule has 1 aromatic carbocycles. The molecule has 1 heterocycles. The van der Waals surface area contributed by atoms with Crippen LogP contribution in [0.4, 0.5) is 0 Å². The standard InChI is InChI=1S/C12H15ClO2/c13-12-7-6-11(15-12)9-14-8-10-4-2-1-3-5-10/h1-5,11-12H,6-9H2/i8D. The summed E-state index contributed by atoms with van der Waals surface area (Å²) in [7, 11) is 0. The number of ether oxygens (including phenoxy) is 2. The zero-order valence-electron chi connectivity index (χ0n) is 9.43. The molecule has 3 unspecified atom stereocenters. The van der Waals surface area contributed by atoms with Crippen LogP contribution in [-0.4, -0.2) is 18.3 Å². The van der Waals surface area contributed by atoms with E-state index in [1.54, 1.807) is 0 Å². The van der Waals surface area contributed by atoms with Gasteiger partial charge in [0.05, 0.1) is 20.7 Å². The lowest BCUT2D eigenvalue weighted by atomic mass is 10.2. The number of benzene rings is 1. The second-order valence-corrected chi connectivity index (χ2v) is 4.09. The Kier molecular flexibility index (Phi) is 3.53. The van der Waals surface area contributed by atoms with E-state index >= 15 is 0 Å². The zero-order valence-corrected chi connectivity index (χ0v) is 9.19. The van der Waals surface area contributed by atoms with Crippen molar-refractivity contribution in [3.8, 4) is 0 Å². The summed E-state index contributed by atoms with van der Waals surface area (Å²) < 4.78 is 18.7. The lowest BCUT2D eigenvalue weighted by Crippen LogP contribution is -2.15. The normalized spacial score (nSPS) is 28.7. The van der Waals surface area contributed by atoms with Crippen molar-refractivity contribution in [1.29, 1.82) is 0 Å². The molecule has 1 aliphatic heterocycles. The number of rotatable bonds is 4. The molecule has 1 saturated heterocycles. The topological polar surface area (TPSA) is 18.5 Å². The molecule has 0 radical (unpaired) electrons. The SMILES string of the molecule is [2H]C(OCC1CCC(Cl)O1)c1ccccc1. The van der Waals surface area contributed by atoms with Crippen LogP contribution in [0.25, 0.3) is 0 Å². The van der Waals surface area contributed by atoms with Gasteiger partial charge in [-0.3, -0.25) is 0 Å². The third-order valence-corrected chi connectivity index (χ3v) is 2.68. The molecule has 3 heteroatoms. The fourth-order valence-electron chi connectivity index (χ4n) is 1.57. The van der Waals surface area contributed by atoms with E-state index in [0.717, 1.165) is 18.4 Å². The van der Waals surface area contributed by atoms with Gasteiger partial charge in [0.15, 0.2) is 0 Å². The first-order valence-electron chi connectivity index (χ1n) is 5.72. The van der Waals surface area contributed by atoms with Crippen molar-refractivity contribution >= 4 is 11.6 Å². The molecule has 1 aromatic rings. The maximum absolute atomic E-state index is 7.82. The molecular formula is C12H15ClO2. The minimum absolute atomic E-state index is 0.0408. The Labute approximate surface area is 96.6 Å². The molecule has 1 aliphatic rings. The van der Waals surface area contributed by atoms with Gasteiger partial charge in [-0.25, -0.2) is 0 Å². The van der Waals surface area contributed by atoms with Crippen molar-refractivity contribution in [3.63, 3.8) is 0 Å². The number of alkyl halides is 1. The van der Waals surface area contributed by atoms with Crippen LogP contribution in [-0.2, 0) is 16.1 Å². The highest BCUT2D eigenvalue weighted by molar-refractivity contribution is 6.19. The van der Waals surface area contributed by atoms with Crippen molar-refractivity contribution in [2.24, 2.45) is 0 Å². The molecule has 3 atom stereocenters. The van der Waals surface area contributed by atoms with Crippen LogP contribution in [0, 0.1) is 0 Å². The molecular weight excluding hydrogens is 212 g/mol. The highest BCUT2D eigenvalue weighted by atomic mass is 35.5. The van der Waals surface area contributed by atoms with Crippen LogP contribution in [0.2, 0.25) is 0 Å². The summed E-state index contributed by atoms with van der Waals surface area (Å²) >= 11 is 5.81. The summed E-state index contributed by atoms with van der Waals surface area (Å²) in [6.07, 6.45) is 1.82. The Morgan fingerprint density at radius 1 is 1.40 bits per heavy atom. The van der Waals surface area contributed by atoms with E-state index in [-0.39, 0.29) is 11.7 Å². The fourth-order valence-corrected chi connectivity index (χ4v) is 1.84. The molecule has 1 fully saturated rings. The molecule has 0 amide bonds. The van der Waals surface area contributed by atoms with Crippen molar-refractivity contribution in [1.82, 2.24) is 0 Å². The van der Waals surface area contributed by atoms with Gasteiger partial charge in [0.25, 0.3) is 0 Å². The summed E-state index contributed by atoms with van der Waals surface area (Å²) in [5, 5.41) is 0. The van der Waals surface area contributed by atoms with E-state index in [2.05, 4.69) is 0 Å². The van der Waals surface area contributed by atoms with Gasteiger partial charge < -0.3 is 9.47 Å². The van der Waals surface area contributed by atoms with E-state index in [0.29, 0.717) is 6.61 Å². The lowest BCUT2D eigenvalue weighted by molar-refractivity contribution is 0.00105. The summed E-state index contributed by atoms with van der Waals surface area (Å²) in [4.78, 5) is 0. The maximum Gasteiger partial charge on any atom is 0.131 e. The Morgan fingerprint density at radius 2 is 2.20 bits per heavy atom. The highest BCUT2D eigenvalue weighted by Gasteiger charge is 2.23. The molecule has 0 N–H and O–H groups in total. The van der Waals surface area contributed by atoms with Gasteiger partial charge in [0.2, 0.25) is 0 Å². The molecule has 0 spiro atoms. The minimum atomic E-state index is -0.640. The van der Waals surface area contributed by atoms with Crippen LogP contribution < -0.4 is 0 Å². The first-order chi connectivity index (χ1) is 7.75. The molecule has 0 aromatic heterocycles. The molecule has 0 bridgehead atoms. The van der Waals surface area contributed by atoms with Crippen molar-refractivity contribution in [2.45, 2.75) is 31.1 Å². The van der Waals surface area contributed by atoms with Crippen LogP contribution in [0.3, 0.4) is 0 Å². The zero-order chi connectivity index (χ0) is 11.4. The molecule has 0 saturated carbocycles. The van der Waals surface area contributed by atoms with E-state index in [1.807, 2.05) is 30.3 Å². The first kappa shape index (κ1) is 9.64. The Balaban J connectivity index is 1.78. The lowest BCUT2D eigenvalue weighted by Gasteiger charge is -2.10. The molecule has 2 rings (SSSR count). The fraction of sp³-hybridized carbons (Fsp3) is 0.500. The quantitative estimate of drug-likeness (QED) is 0.737. The monoisotopic (exact) mass is 227 g/mol. The Morgan fingerprint density at radius 3 is 2.87 bits per heavy atom. The van der Waals surface area contributed by atoms with Gasteiger partial charge >= 0.3 is 0 Å². The third kappa shape index (κ3) is 3.49. The van der Waals surface area contributed by atoms with Gasteiger partial charge in [-0.05, 0) is 18.4 Å². The average Bonchev–Trinajstić information content (AvgIpc) is 2.73. The third-order valence-electron chi connectivity index (χ3n) is 2.36. The highest BCUT2D eigenvalue weighted by Crippen LogP contribution is 2.22. The molecule has 0 aliphatic carbocycles. The van der Waals surface area contributed by atoms with Crippen molar-refractivity contribution < 1.29 is 10.8 Å². The van der Waals surface area contributed by atoms with Crippen LogP contribution in [0.15, 0.2) is 30.3 Å². The van der Waals surface area contributed by atoms with E-state index < -0.39 is 6.58 Å². The van der Waals surface area contributed by atoms with E-state index in [1.165, 1.54) is 0 Å². The van der Waals surface area contributed by atoms with Crippen LogP contribution >= 0.6 is 11.6 Å². The minimum Gasteiger partial charge on any atom is -0.374 e. The van der Waals surface area contributed by atoms with E-state index in [9.17, 15) is 0 Å². The molecule has 82 valence electrons. The molecule has 2 nitrogen and oxygen atoms in total. The summed E-state index contributed by atoms with van der Waals surface area (Å²) in [5.41, 5.74) is 0.678. The van der Waals surface area contributed by atoms with Crippen molar-refractivity contribution in [2.75, 3.05) is 6.61 Å². The maximum atomic E-state index is 7.82. The number of hydrogen-bond acceptors (Lipinski definition) is 2. The molecule has 15 heavy (non-hydrogen) atoms. The van der Waals surface area contributed by atoms with Gasteiger partial charge in [-0.1, -0.05) is 41.9 Å². The second kappa shape index (κ2) is 5.50. The van der Waals surface area contributed by atoms with Crippen LogP contribution in [0.1, 0.15) is 19.8 Å². The summed E-state index contributed by atoms with van der Waals surface area (Å²) in [5.74, 6) is 0. The number of hydrogen-bond donors (Lipinski definition) is 0. The summed E-state index contributed by atoms with van der Waals surface area (Å²) in [6, 6.07) is 9.51. The van der Waals surface area contributed by atoms with Gasteiger partial charge in [0.1, 0.15) is 5.56 Å². The van der Waals surface area contributed by atoms with Gasteiger partial charge in [-0.2, -0.15) is 0 Å². The Bertz CT molecular complexity index is 320. The smallest absolute Gasteiger partial charge is 0.131 e. The predicted molar refractivity (Wildman–Crippen MR) is 59.8 cm³/mol. The first-order valence-corrected chi connectivity index (χ1v) is 5.57. The average molecular weight is 228 g/mol.